The molecule has 0 aliphatic carbocycles. The molecule has 1 atom stereocenters. The van der Waals surface area contributed by atoms with Gasteiger partial charge >= 0.3 is 0 Å². The van der Waals surface area contributed by atoms with Crippen molar-refractivity contribution in [2.24, 2.45) is 0 Å². The average Bonchev–Trinajstić information content (AvgIpc) is 2.74. The summed E-state index contributed by atoms with van der Waals surface area (Å²) in [5.41, 5.74) is 1.23. The van der Waals surface area contributed by atoms with Crippen molar-refractivity contribution in [3.63, 3.8) is 0 Å². The lowest BCUT2D eigenvalue weighted by Gasteiger charge is -2.22. The molecule has 2 rings (SSSR count). The Morgan fingerprint density at radius 3 is 2.42 bits per heavy atom. The highest BCUT2D eigenvalue weighted by Gasteiger charge is 2.16. The van der Waals surface area contributed by atoms with Crippen molar-refractivity contribution in [1.82, 2.24) is 10.2 Å². The minimum Gasteiger partial charge on any atom is -0.342 e. The summed E-state index contributed by atoms with van der Waals surface area (Å²) >= 11 is 0. The summed E-state index contributed by atoms with van der Waals surface area (Å²) in [7, 11) is 0. The fourth-order valence-electron chi connectivity index (χ4n) is 2.53. The van der Waals surface area contributed by atoms with E-state index in [2.05, 4.69) is 24.4 Å². The summed E-state index contributed by atoms with van der Waals surface area (Å²) < 4.78 is 0. The zero-order valence-corrected chi connectivity index (χ0v) is 11.8. The number of likely N-dealkylation sites (tertiary alicyclic amines) is 1. The van der Waals surface area contributed by atoms with Crippen LogP contribution in [0.5, 0.6) is 0 Å². The van der Waals surface area contributed by atoms with Gasteiger partial charge in [0.1, 0.15) is 0 Å². The van der Waals surface area contributed by atoms with Crippen LogP contribution in [0.4, 0.5) is 0 Å². The van der Waals surface area contributed by atoms with E-state index < -0.39 is 0 Å². The predicted octanol–water partition coefficient (Wildman–Crippen LogP) is 2.74. The van der Waals surface area contributed by atoms with E-state index in [-0.39, 0.29) is 11.9 Å². The molecule has 1 aliphatic rings. The van der Waals surface area contributed by atoms with E-state index in [1.807, 2.05) is 23.1 Å². The van der Waals surface area contributed by atoms with Crippen LogP contribution in [0.3, 0.4) is 0 Å². The van der Waals surface area contributed by atoms with E-state index in [1.54, 1.807) is 0 Å². The molecule has 1 aliphatic heterocycles. The lowest BCUT2D eigenvalue weighted by Crippen LogP contribution is -2.39. The normalized spacial score (nSPS) is 17.8. The van der Waals surface area contributed by atoms with E-state index in [4.69, 9.17) is 0 Å². The molecule has 1 N–H and O–H groups in total. The van der Waals surface area contributed by atoms with Crippen LogP contribution >= 0.6 is 0 Å². The largest absolute Gasteiger partial charge is 0.342 e. The summed E-state index contributed by atoms with van der Waals surface area (Å²) in [6, 6.07) is 10.5. The van der Waals surface area contributed by atoms with Gasteiger partial charge in [-0.25, -0.2) is 0 Å². The van der Waals surface area contributed by atoms with E-state index in [1.165, 1.54) is 18.4 Å². The van der Waals surface area contributed by atoms with Crippen LogP contribution in [-0.2, 0) is 4.79 Å². The predicted molar refractivity (Wildman–Crippen MR) is 77.9 cm³/mol. The standard InChI is InChI=1S/C16H24N2O/c1-14(15-9-5-4-6-10-15)17-13-16(19)18-11-7-2-3-8-12-18/h4-6,9-10,14,17H,2-3,7-8,11-13H2,1H3/t14-/m0/s1. The van der Waals surface area contributed by atoms with Crippen LogP contribution < -0.4 is 5.32 Å². The van der Waals surface area contributed by atoms with Crippen LogP contribution in [-0.4, -0.2) is 30.4 Å². The minimum absolute atomic E-state index is 0.220. The number of nitrogens with zero attached hydrogens (tertiary/aromatic N) is 1. The summed E-state index contributed by atoms with van der Waals surface area (Å²) in [5.74, 6) is 0.240. The maximum absolute atomic E-state index is 12.2. The Balaban J connectivity index is 1.79. The Morgan fingerprint density at radius 2 is 1.79 bits per heavy atom. The van der Waals surface area contributed by atoms with Crippen molar-refractivity contribution in [1.29, 1.82) is 0 Å². The molecule has 0 bridgehead atoms. The molecule has 1 saturated heterocycles. The first kappa shape index (κ1) is 14.1. The number of hydrogen-bond donors (Lipinski definition) is 1. The molecule has 0 spiro atoms. The van der Waals surface area contributed by atoms with Crippen molar-refractivity contribution in [3.8, 4) is 0 Å². The molecule has 1 aromatic rings. The molecule has 0 radical (unpaired) electrons. The number of benzene rings is 1. The van der Waals surface area contributed by atoms with Gasteiger partial charge in [0, 0.05) is 19.1 Å². The van der Waals surface area contributed by atoms with E-state index in [0.717, 1.165) is 25.9 Å². The van der Waals surface area contributed by atoms with Gasteiger partial charge in [0.2, 0.25) is 5.91 Å². The monoisotopic (exact) mass is 260 g/mol. The van der Waals surface area contributed by atoms with Gasteiger partial charge in [0.25, 0.3) is 0 Å². The van der Waals surface area contributed by atoms with Gasteiger partial charge in [0.15, 0.2) is 0 Å². The Labute approximate surface area is 116 Å². The molecule has 1 fully saturated rings. The number of carbonyl (C=O) groups excluding carboxylic acids is 1. The summed E-state index contributed by atoms with van der Waals surface area (Å²) in [6.45, 7) is 4.40. The molecular formula is C16H24N2O. The van der Waals surface area contributed by atoms with E-state index >= 15 is 0 Å². The minimum atomic E-state index is 0.220. The highest BCUT2D eigenvalue weighted by atomic mass is 16.2. The first-order valence-electron chi connectivity index (χ1n) is 7.33. The summed E-state index contributed by atoms with van der Waals surface area (Å²) in [5, 5.41) is 3.33. The zero-order chi connectivity index (χ0) is 13.5. The van der Waals surface area contributed by atoms with Crippen molar-refractivity contribution >= 4 is 5.91 Å². The van der Waals surface area contributed by atoms with E-state index in [9.17, 15) is 4.79 Å². The Bertz CT molecular complexity index is 383. The first-order chi connectivity index (χ1) is 9.27. The van der Waals surface area contributed by atoms with Gasteiger partial charge in [-0.2, -0.15) is 0 Å². The smallest absolute Gasteiger partial charge is 0.236 e. The van der Waals surface area contributed by atoms with E-state index in [0.29, 0.717) is 6.54 Å². The van der Waals surface area contributed by atoms with Crippen LogP contribution in [0.25, 0.3) is 0 Å². The van der Waals surface area contributed by atoms with Crippen molar-refractivity contribution in [2.75, 3.05) is 19.6 Å². The van der Waals surface area contributed by atoms with Crippen LogP contribution in [0.15, 0.2) is 30.3 Å². The number of rotatable bonds is 4. The van der Waals surface area contributed by atoms with Crippen molar-refractivity contribution in [3.05, 3.63) is 35.9 Å². The zero-order valence-electron chi connectivity index (χ0n) is 11.8. The second-order valence-electron chi connectivity index (χ2n) is 5.31. The molecule has 3 nitrogen and oxygen atoms in total. The number of amides is 1. The van der Waals surface area contributed by atoms with Crippen LogP contribution in [0.2, 0.25) is 0 Å². The number of carbonyl (C=O) groups is 1. The Hall–Kier alpha value is -1.35. The molecule has 19 heavy (non-hydrogen) atoms. The number of hydrogen-bond acceptors (Lipinski definition) is 2. The molecule has 104 valence electrons. The van der Waals surface area contributed by atoms with Gasteiger partial charge in [-0.15, -0.1) is 0 Å². The highest BCUT2D eigenvalue weighted by Crippen LogP contribution is 2.12. The van der Waals surface area contributed by atoms with Gasteiger partial charge in [-0.1, -0.05) is 43.2 Å². The van der Waals surface area contributed by atoms with Crippen LogP contribution in [0.1, 0.15) is 44.2 Å². The highest BCUT2D eigenvalue weighted by molar-refractivity contribution is 5.78. The fourth-order valence-corrected chi connectivity index (χ4v) is 2.53. The van der Waals surface area contributed by atoms with Gasteiger partial charge in [-0.3, -0.25) is 4.79 Å². The van der Waals surface area contributed by atoms with Crippen LogP contribution in [0, 0.1) is 0 Å². The molecule has 0 unspecified atom stereocenters. The maximum atomic E-state index is 12.2. The fraction of sp³-hybridized carbons (Fsp3) is 0.562. The molecule has 1 aromatic carbocycles. The number of nitrogens with one attached hydrogen (secondary N) is 1. The van der Waals surface area contributed by atoms with Gasteiger partial charge in [0.05, 0.1) is 6.54 Å². The molecular weight excluding hydrogens is 236 g/mol. The first-order valence-corrected chi connectivity index (χ1v) is 7.33. The van der Waals surface area contributed by atoms with Crippen molar-refractivity contribution < 1.29 is 4.79 Å². The van der Waals surface area contributed by atoms with Gasteiger partial charge < -0.3 is 10.2 Å². The molecule has 3 heteroatoms. The summed E-state index contributed by atoms with van der Waals surface area (Å²) in [6.07, 6.45) is 4.83. The summed E-state index contributed by atoms with van der Waals surface area (Å²) in [4.78, 5) is 14.2. The molecule has 1 amide bonds. The topological polar surface area (TPSA) is 32.3 Å². The maximum Gasteiger partial charge on any atom is 0.236 e. The lowest BCUT2D eigenvalue weighted by molar-refractivity contribution is -0.130. The quantitative estimate of drug-likeness (QED) is 0.903. The lowest BCUT2D eigenvalue weighted by atomic mass is 10.1. The molecule has 0 aromatic heterocycles. The average molecular weight is 260 g/mol. The Kier molecular flexibility index (Phi) is 5.40. The molecule has 0 saturated carbocycles. The SMILES string of the molecule is C[C@H](NCC(=O)N1CCCCCC1)c1ccccc1. The molecule has 1 heterocycles. The van der Waals surface area contributed by atoms with Crippen molar-refractivity contribution in [2.45, 2.75) is 38.6 Å². The Morgan fingerprint density at radius 1 is 1.16 bits per heavy atom. The van der Waals surface area contributed by atoms with Gasteiger partial charge in [-0.05, 0) is 25.3 Å². The third kappa shape index (κ3) is 4.35. The second kappa shape index (κ2) is 7.29. The third-order valence-electron chi connectivity index (χ3n) is 3.82. The second-order valence-corrected chi connectivity index (χ2v) is 5.31. The third-order valence-corrected chi connectivity index (χ3v) is 3.82.